The molecule has 1 N–H and O–H groups in total. The number of benzene rings is 1. The van der Waals surface area contributed by atoms with Crippen molar-refractivity contribution < 1.29 is 9.59 Å². The minimum absolute atomic E-state index is 0.00147. The molecule has 5 nitrogen and oxygen atoms in total. The SMILES string of the molecule is CC[C@H](Cn1ccnc1)NC(=O)CCC(=O)c1ccccc1. The van der Waals surface area contributed by atoms with Gasteiger partial charge in [0.15, 0.2) is 5.78 Å². The number of rotatable bonds is 8. The largest absolute Gasteiger partial charge is 0.352 e. The first-order valence-electron chi connectivity index (χ1n) is 7.52. The highest BCUT2D eigenvalue weighted by Crippen LogP contribution is 2.06. The predicted octanol–water partition coefficient (Wildman–Crippen LogP) is 2.44. The van der Waals surface area contributed by atoms with Crippen molar-refractivity contribution in [2.24, 2.45) is 0 Å². The number of nitrogens with zero attached hydrogens (tertiary/aromatic N) is 2. The molecule has 1 aromatic heterocycles. The number of hydrogen-bond acceptors (Lipinski definition) is 3. The topological polar surface area (TPSA) is 64.0 Å². The van der Waals surface area contributed by atoms with Crippen molar-refractivity contribution >= 4 is 11.7 Å². The summed E-state index contributed by atoms with van der Waals surface area (Å²) < 4.78 is 1.93. The van der Waals surface area contributed by atoms with Crippen LogP contribution in [0.3, 0.4) is 0 Å². The summed E-state index contributed by atoms with van der Waals surface area (Å²) in [5, 5.41) is 2.97. The molecule has 0 aliphatic rings. The minimum Gasteiger partial charge on any atom is -0.352 e. The van der Waals surface area contributed by atoms with E-state index in [1.54, 1.807) is 24.7 Å². The summed E-state index contributed by atoms with van der Waals surface area (Å²) in [6.45, 7) is 2.71. The van der Waals surface area contributed by atoms with E-state index >= 15 is 0 Å². The summed E-state index contributed by atoms with van der Waals surface area (Å²) in [6, 6.07) is 9.11. The third kappa shape index (κ3) is 4.84. The van der Waals surface area contributed by atoms with E-state index in [1.807, 2.05) is 35.9 Å². The molecule has 0 radical (unpaired) electrons. The molecule has 0 aliphatic heterocycles. The summed E-state index contributed by atoms with van der Waals surface area (Å²) in [5.74, 6) is -0.0883. The molecule has 0 saturated heterocycles. The zero-order chi connectivity index (χ0) is 15.8. The average molecular weight is 299 g/mol. The van der Waals surface area contributed by atoms with Crippen LogP contribution in [-0.2, 0) is 11.3 Å². The van der Waals surface area contributed by atoms with E-state index < -0.39 is 0 Å². The van der Waals surface area contributed by atoms with Crippen LogP contribution in [0.2, 0.25) is 0 Å². The first-order chi connectivity index (χ1) is 10.7. The van der Waals surface area contributed by atoms with Gasteiger partial charge >= 0.3 is 0 Å². The minimum atomic E-state index is -0.0868. The molecular formula is C17H21N3O2. The normalized spacial score (nSPS) is 11.9. The van der Waals surface area contributed by atoms with Gasteiger partial charge in [-0.3, -0.25) is 9.59 Å². The lowest BCUT2D eigenvalue weighted by Gasteiger charge is -2.17. The molecule has 0 aliphatic carbocycles. The Labute approximate surface area is 130 Å². The Morgan fingerprint density at radius 2 is 2.00 bits per heavy atom. The van der Waals surface area contributed by atoms with E-state index in [-0.39, 0.29) is 30.6 Å². The fraction of sp³-hybridized carbons (Fsp3) is 0.353. The molecule has 2 rings (SSSR count). The van der Waals surface area contributed by atoms with E-state index in [0.29, 0.717) is 12.1 Å². The first-order valence-corrected chi connectivity index (χ1v) is 7.52. The van der Waals surface area contributed by atoms with Gasteiger partial charge in [0.05, 0.1) is 6.33 Å². The Bertz CT molecular complexity index is 594. The molecule has 1 amide bonds. The molecule has 1 heterocycles. The molecule has 0 bridgehead atoms. The molecule has 0 saturated carbocycles. The lowest BCUT2D eigenvalue weighted by atomic mass is 10.1. The van der Waals surface area contributed by atoms with Gasteiger partial charge in [0, 0.05) is 43.4 Å². The second-order valence-corrected chi connectivity index (χ2v) is 5.22. The Hall–Kier alpha value is -2.43. The van der Waals surface area contributed by atoms with Crippen molar-refractivity contribution in [1.82, 2.24) is 14.9 Å². The van der Waals surface area contributed by atoms with Crippen molar-refractivity contribution in [3.63, 3.8) is 0 Å². The molecule has 5 heteroatoms. The zero-order valence-corrected chi connectivity index (χ0v) is 12.7. The standard InChI is InChI=1S/C17H21N3O2/c1-2-15(12-20-11-10-18-13-20)19-17(22)9-8-16(21)14-6-4-3-5-7-14/h3-7,10-11,13,15H,2,8-9,12H2,1H3,(H,19,22)/t15-/m1/s1. The summed E-state index contributed by atoms with van der Waals surface area (Å²) in [7, 11) is 0. The second kappa shape index (κ2) is 8.12. The van der Waals surface area contributed by atoms with E-state index in [0.717, 1.165) is 6.42 Å². The molecule has 1 atom stereocenters. The van der Waals surface area contributed by atoms with Gasteiger partial charge in [-0.15, -0.1) is 0 Å². The van der Waals surface area contributed by atoms with Crippen molar-refractivity contribution in [2.45, 2.75) is 38.8 Å². The van der Waals surface area contributed by atoms with Gasteiger partial charge in [0.2, 0.25) is 5.91 Å². The van der Waals surface area contributed by atoms with Crippen molar-refractivity contribution in [1.29, 1.82) is 0 Å². The van der Waals surface area contributed by atoms with Crippen molar-refractivity contribution in [3.8, 4) is 0 Å². The van der Waals surface area contributed by atoms with Crippen LogP contribution in [0.4, 0.5) is 0 Å². The third-order valence-electron chi connectivity index (χ3n) is 3.52. The van der Waals surface area contributed by atoms with Crippen molar-refractivity contribution in [3.05, 3.63) is 54.6 Å². The fourth-order valence-electron chi connectivity index (χ4n) is 2.22. The number of Topliss-reactive ketones (excluding diaryl/α,β-unsaturated/α-hetero) is 1. The second-order valence-electron chi connectivity index (χ2n) is 5.22. The van der Waals surface area contributed by atoms with Gasteiger partial charge in [-0.1, -0.05) is 37.3 Å². The van der Waals surface area contributed by atoms with Gasteiger partial charge in [-0.25, -0.2) is 4.98 Å². The number of hydrogen-bond donors (Lipinski definition) is 1. The van der Waals surface area contributed by atoms with E-state index in [9.17, 15) is 9.59 Å². The molecule has 116 valence electrons. The maximum absolute atomic E-state index is 12.0. The van der Waals surface area contributed by atoms with Crippen LogP contribution in [0.1, 0.15) is 36.5 Å². The number of carbonyl (C=O) groups is 2. The number of imidazole rings is 1. The summed E-state index contributed by atoms with van der Waals surface area (Å²) >= 11 is 0. The molecule has 22 heavy (non-hydrogen) atoms. The van der Waals surface area contributed by atoms with Crippen LogP contribution in [-0.4, -0.2) is 27.3 Å². The Balaban J connectivity index is 1.78. The number of amides is 1. The van der Waals surface area contributed by atoms with E-state index in [1.165, 1.54) is 0 Å². The molecule has 0 fully saturated rings. The Morgan fingerprint density at radius 3 is 2.64 bits per heavy atom. The molecule has 0 spiro atoms. The molecular weight excluding hydrogens is 278 g/mol. The van der Waals surface area contributed by atoms with Crippen LogP contribution in [0.25, 0.3) is 0 Å². The quantitative estimate of drug-likeness (QED) is 0.761. The Kier molecular flexibility index (Phi) is 5.89. The van der Waals surface area contributed by atoms with Gasteiger partial charge < -0.3 is 9.88 Å². The van der Waals surface area contributed by atoms with Gasteiger partial charge in [0.1, 0.15) is 0 Å². The highest BCUT2D eigenvalue weighted by Gasteiger charge is 2.13. The summed E-state index contributed by atoms with van der Waals surface area (Å²) in [6.07, 6.45) is 6.59. The highest BCUT2D eigenvalue weighted by molar-refractivity contribution is 5.97. The molecule has 1 aromatic carbocycles. The summed E-state index contributed by atoms with van der Waals surface area (Å²) in [4.78, 5) is 27.9. The number of nitrogens with one attached hydrogen (secondary N) is 1. The van der Waals surface area contributed by atoms with Crippen LogP contribution < -0.4 is 5.32 Å². The maximum Gasteiger partial charge on any atom is 0.220 e. The lowest BCUT2D eigenvalue weighted by Crippen LogP contribution is -2.37. The van der Waals surface area contributed by atoms with Crippen LogP contribution in [0, 0.1) is 0 Å². The zero-order valence-electron chi connectivity index (χ0n) is 12.7. The Morgan fingerprint density at radius 1 is 1.23 bits per heavy atom. The molecule has 2 aromatic rings. The monoisotopic (exact) mass is 299 g/mol. The fourth-order valence-corrected chi connectivity index (χ4v) is 2.22. The van der Waals surface area contributed by atoms with E-state index in [2.05, 4.69) is 10.3 Å². The highest BCUT2D eigenvalue weighted by atomic mass is 16.2. The first kappa shape index (κ1) is 15.9. The number of carbonyl (C=O) groups excluding carboxylic acids is 2. The molecule has 0 unspecified atom stereocenters. The van der Waals surface area contributed by atoms with Crippen LogP contribution >= 0.6 is 0 Å². The van der Waals surface area contributed by atoms with Crippen LogP contribution in [0.15, 0.2) is 49.1 Å². The van der Waals surface area contributed by atoms with E-state index in [4.69, 9.17) is 0 Å². The van der Waals surface area contributed by atoms with Crippen molar-refractivity contribution in [2.75, 3.05) is 0 Å². The van der Waals surface area contributed by atoms with Gasteiger partial charge in [-0.05, 0) is 6.42 Å². The smallest absolute Gasteiger partial charge is 0.220 e. The predicted molar refractivity (Wildman–Crippen MR) is 84.5 cm³/mol. The lowest BCUT2D eigenvalue weighted by molar-refractivity contribution is -0.121. The average Bonchev–Trinajstić information content (AvgIpc) is 3.05. The summed E-state index contributed by atoms with van der Waals surface area (Å²) in [5.41, 5.74) is 0.653. The number of ketones is 1. The van der Waals surface area contributed by atoms with Gasteiger partial charge in [-0.2, -0.15) is 0 Å². The van der Waals surface area contributed by atoms with Crippen LogP contribution in [0.5, 0.6) is 0 Å². The van der Waals surface area contributed by atoms with Gasteiger partial charge in [0.25, 0.3) is 0 Å². The maximum atomic E-state index is 12.0. The number of aromatic nitrogens is 2. The third-order valence-corrected chi connectivity index (χ3v) is 3.52.